The SMILES string of the molecule is Fc1ccc(C[Si])cc1I. The quantitative estimate of drug-likeness (QED) is 0.537. The molecule has 51 valence electrons. The van der Waals surface area contributed by atoms with Crippen molar-refractivity contribution in [2.45, 2.75) is 6.04 Å². The predicted octanol–water partition coefficient (Wildman–Crippen LogP) is 2.10. The molecule has 0 saturated carbocycles. The van der Waals surface area contributed by atoms with E-state index in [4.69, 9.17) is 0 Å². The zero-order chi connectivity index (χ0) is 7.56. The fraction of sp³-hybridized carbons (Fsp3) is 0.143. The minimum Gasteiger partial charge on any atom is -0.206 e. The van der Waals surface area contributed by atoms with Gasteiger partial charge in [0.25, 0.3) is 0 Å². The van der Waals surface area contributed by atoms with Gasteiger partial charge in [-0.1, -0.05) is 11.6 Å². The van der Waals surface area contributed by atoms with Crippen molar-refractivity contribution in [1.82, 2.24) is 0 Å². The van der Waals surface area contributed by atoms with E-state index in [-0.39, 0.29) is 5.82 Å². The Kier molecular flexibility index (Phi) is 2.85. The molecule has 0 aromatic heterocycles. The van der Waals surface area contributed by atoms with Crippen LogP contribution in [-0.2, 0) is 6.04 Å². The Morgan fingerprint density at radius 2 is 2.20 bits per heavy atom. The molecule has 1 aromatic rings. The monoisotopic (exact) mass is 263 g/mol. The van der Waals surface area contributed by atoms with Crippen molar-refractivity contribution >= 4 is 32.8 Å². The Hall–Kier alpha value is 0.0969. The zero-order valence-corrected chi connectivity index (χ0v) is 8.35. The van der Waals surface area contributed by atoms with Gasteiger partial charge >= 0.3 is 0 Å². The zero-order valence-electron chi connectivity index (χ0n) is 5.20. The molecule has 0 unspecified atom stereocenters. The third-order valence-corrected chi connectivity index (χ3v) is 2.42. The Morgan fingerprint density at radius 3 is 2.70 bits per heavy atom. The van der Waals surface area contributed by atoms with E-state index in [9.17, 15) is 4.39 Å². The normalized spacial score (nSPS) is 9.90. The number of benzene rings is 1. The molecule has 0 spiro atoms. The molecule has 0 atom stereocenters. The van der Waals surface area contributed by atoms with Gasteiger partial charge in [0, 0.05) is 13.8 Å². The summed E-state index contributed by atoms with van der Waals surface area (Å²) in [5.41, 5.74) is 1.10. The third kappa shape index (κ3) is 1.79. The van der Waals surface area contributed by atoms with Crippen LogP contribution >= 0.6 is 22.6 Å². The van der Waals surface area contributed by atoms with E-state index in [0.29, 0.717) is 3.57 Å². The number of rotatable bonds is 1. The molecule has 0 amide bonds. The molecule has 0 aliphatic heterocycles. The van der Waals surface area contributed by atoms with Crippen molar-refractivity contribution in [3.63, 3.8) is 0 Å². The topological polar surface area (TPSA) is 0 Å². The molecular weight excluding hydrogens is 258 g/mol. The number of hydrogen-bond donors (Lipinski definition) is 0. The van der Waals surface area contributed by atoms with Crippen molar-refractivity contribution in [1.29, 1.82) is 0 Å². The van der Waals surface area contributed by atoms with Gasteiger partial charge in [-0.25, -0.2) is 4.39 Å². The molecule has 0 aliphatic carbocycles. The molecule has 0 N–H and O–H groups in total. The second-order valence-corrected chi connectivity index (χ2v) is 3.44. The summed E-state index contributed by atoms with van der Waals surface area (Å²) in [4.78, 5) is 0. The lowest BCUT2D eigenvalue weighted by Crippen LogP contribution is -1.87. The van der Waals surface area contributed by atoms with E-state index < -0.39 is 0 Å². The Labute approximate surface area is 76.4 Å². The Bertz CT molecular complexity index is 237. The predicted molar refractivity (Wildman–Crippen MR) is 48.6 cm³/mol. The van der Waals surface area contributed by atoms with E-state index in [1.165, 1.54) is 6.07 Å². The third-order valence-electron chi connectivity index (χ3n) is 1.19. The van der Waals surface area contributed by atoms with Crippen molar-refractivity contribution in [2.24, 2.45) is 0 Å². The first-order valence-electron chi connectivity index (χ1n) is 2.82. The van der Waals surface area contributed by atoms with Gasteiger partial charge in [-0.2, -0.15) is 0 Å². The number of halogens is 2. The average molecular weight is 263 g/mol. The summed E-state index contributed by atoms with van der Waals surface area (Å²) in [5.74, 6) is -0.149. The standard InChI is InChI=1S/C7H5FISi/c8-6-2-1-5(4-10)3-7(6)9/h1-3H,4H2. The van der Waals surface area contributed by atoms with Crippen molar-refractivity contribution in [3.8, 4) is 0 Å². The van der Waals surface area contributed by atoms with Crippen LogP contribution in [0.1, 0.15) is 5.56 Å². The molecule has 1 aromatic carbocycles. The largest absolute Gasteiger partial charge is 0.206 e. The van der Waals surface area contributed by atoms with E-state index in [1.807, 2.05) is 28.7 Å². The fourth-order valence-corrected chi connectivity index (χ4v) is 1.45. The minimum atomic E-state index is -0.149. The van der Waals surface area contributed by atoms with Gasteiger partial charge in [-0.3, -0.25) is 0 Å². The Balaban J connectivity index is 3.04. The summed E-state index contributed by atoms with van der Waals surface area (Å²) in [7, 11) is 3.34. The van der Waals surface area contributed by atoms with Crippen molar-refractivity contribution in [2.75, 3.05) is 0 Å². The van der Waals surface area contributed by atoms with E-state index >= 15 is 0 Å². The van der Waals surface area contributed by atoms with Crippen LogP contribution in [0.25, 0.3) is 0 Å². The molecule has 0 nitrogen and oxygen atoms in total. The molecule has 3 heteroatoms. The van der Waals surface area contributed by atoms with E-state index in [1.54, 1.807) is 6.07 Å². The fourth-order valence-electron chi connectivity index (χ4n) is 0.650. The van der Waals surface area contributed by atoms with Gasteiger partial charge < -0.3 is 0 Å². The van der Waals surface area contributed by atoms with Gasteiger partial charge in [0.15, 0.2) is 0 Å². The molecule has 0 heterocycles. The first kappa shape index (κ1) is 8.20. The first-order valence-corrected chi connectivity index (χ1v) is 4.61. The summed E-state index contributed by atoms with van der Waals surface area (Å²) in [6.07, 6.45) is 0. The highest BCUT2D eigenvalue weighted by molar-refractivity contribution is 14.1. The number of hydrogen-bond acceptors (Lipinski definition) is 0. The second-order valence-electron chi connectivity index (χ2n) is 1.93. The van der Waals surface area contributed by atoms with E-state index in [2.05, 4.69) is 10.2 Å². The summed E-state index contributed by atoms with van der Waals surface area (Å²) in [6, 6.07) is 5.85. The summed E-state index contributed by atoms with van der Waals surface area (Å²) >= 11 is 1.98. The molecule has 0 saturated heterocycles. The second kappa shape index (κ2) is 3.48. The van der Waals surface area contributed by atoms with Gasteiger partial charge in [0.05, 0.1) is 0 Å². The lowest BCUT2D eigenvalue weighted by molar-refractivity contribution is 0.620. The lowest BCUT2D eigenvalue weighted by Gasteiger charge is -1.96. The van der Waals surface area contributed by atoms with Crippen molar-refractivity contribution in [3.05, 3.63) is 33.1 Å². The van der Waals surface area contributed by atoms with Crippen LogP contribution in [0.4, 0.5) is 4.39 Å². The van der Waals surface area contributed by atoms with Crippen LogP contribution in [0.2, 0.25) is 0 Å². The minimum absolute atomic E-state index is 0.149. The van der Waals surface area contributed by atoms with Gasteiger partial charge in [-0.15, -0.1) is 0 Å². The lowest BCUT2D eigenvalue weighted by atomic mass is 10.2. The van der Waals surface area contributed by atoms with Crippen LogP contribution in [-0.4, -0.2) is 10.2 Å². The van der Waals surface area contributed by atoms with Crippen molar-refractivity contribution < 1.29 is 4.39 Å². The molecule has 10 heavy (non-hydrogen) atoms. The summed E-state index contributed by atoms with van der Waals surface area (Å²) in [6.45, 7) is 0. The highest BCUT2D eigenvalue weighted by Gasteiger charge is 1.97. The smallest absolute Gasteiger partial charge is 0.136 e. The van der Waals surface area contributed by atoms with Crippen LogP contribution in [0, 0.1) is 9.39 Å². The highest BCUT2D eigenvalue weighted by atomic mass is 127. The van der Waals surface area contributed by atoms with Gasteiger partial charge in [0.1, 0.15) is 5.82 Å². The molecule has 0 bridgehead atoms. The van der Waals surface area contributed by atoms with Crippen LogP contribution < -0.4 is 0 Å². The van der Waals surface area contributed by atoms with Crippen LogP contribution in [0.15, 0.2) is 18.2 Å². The average Bonchev–Trinajstić information content (AvgIpc) is 1.95. The summed E-state index contributed by atoms with van der Waals surface area (Å²) in [5, 5.41) is 0. The molecular formula is C7H5FISi. The van der Waals surface area contributed by atoms with Crippen LogP contribution in [0.3, 0.4) is 0 Å². The highest BCUT2D eigenvalue weighted by Crippen LogP contribution is 2.12. The maximum Gasteiger partial charge on any atom is 0.136 e. The molecule has 0 aliphatic rings. The molecule has 0 fully saturated rings. The van der Waals surface area contributed by atoms with Crippen LogP contribution in [0.5, 0.6) is 0 Å². The summed E-state index contributed by atoms with van der Waals surface area (Å²) < 4.78 is 13.3. The molecule has 1 rings (SSSR count). The first-order chi connectivity index (χ1) is 4.74. The van der Waals surface area contributed by atoms with Gasteiger partial charge in [0.2, 0.25) is 0 Å². The molecule has 3 radical (unpaired) electrons. The van der Waals surface area contributed by atoms with Gasteiger partial charge in [-0.05, 0) is 40.8 Å². The van der Waals surface area contributed by atoms with E-state index in [0.717, 1.165) is 11.6 Å². The Morgan fingerprint density at radius 1 is 1.50 bits per heavy atom. The maximum absolute atomic E-state index is 12.6. The maximum atomic E-state index is 12.6.